The monoisotopic (exact) mass is 630 g/mol. The molecular formula is C26H24BrClF4N4O3. The second-order valence-electron chi connectivity index (χ2n) is 9.50. The summed E-state index contributed by atoms with van der Waals surface area (Å²) in [6.07, 6.45) is -3.42. The third-order valence-electron chi connectivity index (χ3n) is 7.25. The normalized spacial score (nSPS) is 20.6. The smallest absolute Gasteiger partial charge is 0.417 e. The zero-order valence-corrected chi connectivity index (χ0v) is 23.1. The van der Waals surface area contributed by atoms with Crippen LogP contribution < -0.4 is 4.90 Å². The number of anilines is 1. The molecule has 0 spiro atoms. The van der Waals surface area contributed by atoms with Crippen LogP contribution in [0.25, 0.3) is 10.9 Å². The molecule has 1 unspecified atom stereocenters. The topological polar surface area (TPSA) is 67.8 Å². The van der Waals surface area contributed by atoms with Crippen molar-refractivity contribution in [2.45, 2.75) is 50.2 Å². The lowest BCUT2D eigenvalue weighted by Gasteiger charge is -2.34. The van der Waals surface area contributed by atoms with Gasteiger partial charge in [-0.2, -0.15) is 18.2 Å². The molecule has 0 aliphatic carbocycles. The maximum absolute atomic E-state index is 15.1. The van der Waals surface area contributed by atoms with Gasteiger partial charge in [0.1, 0.15) is 17.9 Å². The van der Waals surface area contributed by atoms with Gasteiger partial charge in [0, 0.05) is 25.1 Å². The van der Waals surface area contributed by atoms with Crippen LogP contribution in [0.5, 0.6) is 0 Å². The van der Waals surface area contributed by atoms with Gasteiger partial charge in [-0.05, 0) is 58.4 Å². The number of alkyl halides is 3. The molecule has 2 bridgehead atoms. The first kappa shape index (κ1) is 27.9. The molecule has 3 aromatic rings. The van der Waals surface area contributed by atoms with Crippen LogP contribution in [0, 0.1) is 5.82 Å². The molecule has 208 valence electrons. The van der Waals surface area contributed by atoms with E-state index < -0.39 is 28.1 Å². The molecule has 39 heavy (non-hydrogen) atoms. The summed E-state index contributed by atoms with van der Waals surface area (Å²) in [6.45, 7) is 0.621. The van der Waals surface area contributed by atoms with Gasteiger partial charge in [0.05, 0.1) is 28.7 Å². The number of halogens is 6. The second-order valence-corrected chi connectivity index (χ2v) is 10.6. The van der Waals surface area contributed by atoms with Gasteiger partial charge in [0.2, 0.25) is 5.28 Å². The fourth-order valence-corrected chi connectivity index (χ4v) is 6.26. The Morgan fingerprint density at radius 1 is 1.23 bits per heavy atom. The lowest BCUT2D eigenvalue weighted by atomic mass is 9.94. The number of ether oxygens (including phenoxy) is 2. The van der Waals surface area contributed by atoms with E-state index in [1.54, 1.807) is 4.90 Å². The third kappa shape index (κ3) is 5.38. The first-order valence-electron chi connectivity index (χ1n) is 12.3. The lowest BCUT2D eigenvalue weighted by Crippen LogP contribution is -2.49. The molecule has 2 aromatic carbocycles. The van der Waals surface area contributed by atoms with Gasteiger partial charge in [-0.1, -0.05) is 30.3 Å². The van der Waals surface area contributed by atoms with Gasteiger partial charge in [-0.25, -0.2) is 14.2 Å². The Kier molecular flexibility index (Phi) is 7.89. The number of hydrogen-bond donors (Lipinski definition) is 0. The van der Waals surface area contributed by atoms with Crippen molar-refractivity contribution in [2.24, 2.45) is 0 Å². The molecule has 13 heteroatoms. The molecule has 0 saturated carbocycles. The Hall–Kier alpha value is -2.70. The van der Waals surface area contributed by atoms with Gasteiger partial charge in [-0.3, -0.25) is 0 Å². The van der Waals surface area contributed by atoms with Crippen molar-refractivity contribution in [2.75, 3.05) is 25.2 Å². The van der Waals surface area contributed by atoms with E-state index in [4.69, 9.17) is 21.1 Å². The van der Waals surface area contributed by atoms with Gasteiger partial charge in [0.25, 0.3) is 0 Å². The maximum atomic E-state index is 15.1. The quantitative estimate of drug-likeness (QED) is 0.216. The first-order valence-corrected chi connectivity index (χ1v) is 13.4. The Labute approximate surface area is 235 Å². The average Bonchev–Trinajstić information content (AvgIpc) is 3.47. The molecule has 5 rings (SSSR count). The number of hydrogen-bond acceptors (Lipinski definition) is 6. The van der Waals surface area contributed by atoms with Crippen molar-refractivity contribution < 1.29 is 31.8 Å². The van der Waals surface area contributed by atoms with Crippen molar-refractivity contribution in [3.8, 4) is 0 Å². The van der Waals surface area contributed by atoms with Crippen molar-refractivity contribution in [1.29, 1.82) is 0 Å². The number of amides is 1. The molecular weight excluding hydrogens is 608 g/mol. The Bertz CT molecular complexity index is 1380. The van der Waals surface area contributed by atoms with E-state index in [0.29, 0.717) is 12.8 Å². The lowest BCUT2D eigenvalue weighted by molar-refractivity contribution is -0.138. The fourth-order valence-electron chi connectivity index (χ4n) is 5.57. The highest BCUT2D eigenvalue weighted by Gasteiger charge is 2.51. The maximum Gasteiger partial charge on any atom is 0.417 e. The Morgan fingerprint density at radius 2 is 1.97 bits per heavy atom. The summed E-state index contributed by atoms with van der Waals surface area (Å²) < 4.78 is 66.4. The van der Waals surface area contributed by atoms with E-state index in [0.717, 1.165) is 18.1 Å². The molecule has 0 N–H and O–H groups in total. The van der Waals surface area contributed by atoms with Gasteiger partial charge >= 0.3 is 12.3 Å². The molecule has 3 heterocycles. The Morgan fingerprint density at radius 3 is 2.67 bits per heavy atom. The van der Waals surface area contributed by atoms with Gasteiger partial charge < -0.3 is 19.3 Å². The number of rotatable bonds is 7. The molecule has 0 radical (unpaired) electrons. The first-order chi connectivity index (χ1) is 18.6. The van der Waals surface area contributed by atoms with Crippen LogP contribution in [0.1, 0.15) is 30.4 Å². The summed E-state index contributed by atoms with van der Waals surface area (Å²) in [5, 5.41) is -0.385. The molecule has 7 nitrogen and oxygen atoms in total. The van der Waals surface area contributed by atoms with E-state index in [1.165, 1.54) is 7.11 Å². The number of carbonyl (C=O) groups is 1. The van der Waals surface area contributed by atoms with E-state index >= 15 is 4.39 Å². The summed E-state index contributed by atoms with van der Waals surface area (Å²) in [5.41, 5.74) is -0.650. The molecule has 3 atom stereocenters. The minimum atomic E-state index is -4.81. The van der Waals surface area contributed by atoms with Crippen LogP contribution in [0.15, 0.2) is 40.9 Å². The molecule has 2 fully saturated rings. The predicted molar refractivity (Wildman–Crippen MR) is 140 cm³/mol. The van der Waals surface area contributed by atoms with Crippen molar-refractivity contribution in [1.82, 2.24) is 14.9 Å². The summed E-state index contributed by atoms with van der Waals surface area (Å²) in [4.78, 5) is 24.9. The molecule has 1 amide bonds. The summed E-state index contributed by atoms with van der Waals surface area (Å²) in [6, 6.07) is 9.33. The van der Waals surface area contributed by atoms with Crippen LogP contribution in [0.2, 0.25) is 5.28 Å². The zero-order valence-electron chi connectivity index (χ0n) is 20.7. The second kappa shape index (κ2) is 11.1. The largest absolute Gasteiger partial charge is 0.445 e. The number of fused-ring (bicyclic) bond motifs is 3. The fraction of sp³-hybridized carbons (Fsp3) is 0.423. The van der Waals surface area contributed by atoms with E-state index in [-0.39, 0.29) is 59.9 Å². The highest BCUT2D eigenvalue weighted by Crippen LogP contribution is 2.47. The number of methoxy groups -OCH3 is 1. The van der Waals surface area contributed by atoms with E-state index in [1.807, 2.05) is 35.2 Å². The number of carbonyl (C=O) groups excluding carboxylic acids is 1. The van der Waals surface area contributed by atoms with Crippen LogP contribution in [0.3, 0.4) is 0 Å². The molecule has 1 aromatic heterocycles. The predicted octanol–water partition coefficient (Wildman–Crippen LogP) is 6.60. The summed E-state index contributed by atoms with van der Waals surface area (Å²) in [5.74, 6) is -1.05. The van der Waals surface area contributed by atoms with Crippen LogP contribution in [-0.2, 0) is 22.3 Å². The van der Waals surface area contributed by atoms with Crippen LogP contribution >= 0.6 is 27.5 Å². The van der Waals surface area contributed by atoms with Crippen molar-refractivity contribution >= 4 is 50.3 Å². The van der Waals surface area contributed by atoms with E-state index in [2.05, 4.69) is 25.9 Å². The average molecular weight is 632 g/mol. The molecule has 2 saturated heterocycles. The number of benzene rings is 2. The van der Waals surface area contributed by atoms with Gasteiger partial charge in [0.15, 0.2) is 5.82 Å². The highest BCUT2D eigenvalue weighted by molar-refractivity contribution is 9.10. The van der Waals surface area contributed by atoms with E-state index in [9.17, 15) is 18.0 Å². The Balaban J connectivity index is 1.49. The number of nitrogens with zero attached hydrogens (tertiary/aromatic N) is 4. The minimum Gasteiger partial charge on any atom is -0.445 e. The zero-order chi connectivity index (χ0) is 27.9. The number of aromatic nitrogens is 2. The summed E-state index contributed by atoms with van der Waals surface area (Å²) in [7, 11) is 1.53. The van der Waals surface area contributed by atoms with Crippen molar-refractivity contribution in [3.05, 3.63) is 63.1 Å². The molecule has 2 aliphatic heterocycles. The van der Waals surface area contributed by atoms with Gasteiger partial charge in [-0.15, -0.1) is 0 Å². The highest BCUT2D eigenvalue weighted by atomic mass is 79.9. The standard InChI is InChI=1S/C26H24BrClF4N4O3/c1-38-10-9-35(25(37)39-13-14-5-3-2-4-6-14)19-11-15-7-8-18(19)36(15)23-16-12-17(26(30,31)32)20(27)21(29)22(16)33-24(28)34-23/h2-6,12,15,18-19H,7-11,13H2,1H3/t15-,18+,19?/m1/s1. The summed E-state index contributed by atoms with van der Waals surface area (Å²) >= 11 is 8.86. The SMILES string of the molecule is COCCN(C(=O)OCc1ccccc1)C1C[C@H]2CC[C@@H]1N2c1nc(Cl)nc2c(F)c(Br)c(C(F)(F)F)cc12. The van der Waals surface area contributed by atoms with Crippen molar-refractivity contribution in [3.63, 3.8) is 0 Å². The van der Waals surface area contributed by atoms with Crippen LogP contribution in [0.4, 0.5) is 28.2 Å². The molecule has 2 aliphatic rings. The minimum absolute atomic E-state index is 0.0915. The third-order valence-corrected chi connectivity index (χ3v) is 8.20. The van der Waals surface area contributed by atoms with Crippen LogP contribution in [-0.4, -0.2) is 59.3 Å².